The molecule has 0 saturated carbocycles. The zero-order chi connectivity index (χ0) is 16.5. The fourth-order valence-corrected chi connectivity index (χ4v) is 1.46. The first kappa shape index (κ1) is 35.3. The Bertz CT molecular complexity index is 709. The van der Waals surface area contributed by atoms with Gasteiger partial charge in [-0.25, -0.2) is 0 Å². The molecule has 0 aliphatic carbocycles. The van der Waals surface area contributed by atoms with E-state index in [-0.39, 0.29) is 62.9 Å². The summed E-state index contributed by atoms with van der Waals surface area (Å²) in [6.07, 6.45) is 2.80. The molecule has 0 unspecified atom stereocenters. The van der Waals surface area contributed by atoms with E-state index >= 15 is 0 Å². The maximum Gasteiger partial charge on any atom is 2.00 e. The van der Waals surface area contributed by atoms with Crippen molar-refractivity contribution in [2.75, 3.05) is 0 Å². The summed E-state index contributed by atoms with van der Waals surface area (Å²) in [5.74, 6) is -2.53. The van der Waals surface area contributed by atoms with Gasteiger partial charge in [0.05, 0.1) is 25.0 Å². The van der Waals surface area contributed by atoms with Gasteiger partial charge >= 0.3 is 16.8 Å². The molecule has 12 nitrogen and oxygen atoms in total. The normalized spacial score (nSPS) is 7.70. The average molecular weight is 439 g/mol. The van der Waals surface area contributed by atoms with Crippen molar-refractivity contribution >= 4 is 11.9 Å². The number of nitrogens with zero attached hydrogens (tertiary/aromatic N) is 2. The molecule has 2 heterocycles. The minimum atomic E-state index is -1.27. The summed E-state index contributed by atoms with van der Waals surface area (Å²) in [6, 6.07) is 8.86. The van der Waals surface area contributed by atoms with Gasteiger partial charge in [0, 0.05) is 24.5 Å². The second kappa shape index (κ2) is 18.0. The van der Waals surface area contributed by atoms with E-state index in [0.29, 0.717) is 0 Å². The van der Waals surface area contributed by atoms with Gasteiger partial charge in [-0.15, -0.1) is 0 Å². The van der Waals surface area contributed by atoms with Crippen LogP contribution in [0.4, 0.5) is 0 Å². The Morgan fingerprint density at radius 1 is 0.704 bits per heavy atom. The maximum atomic E-state index is 10.8. The van der Waals surface area contributed by atoms with E-state index in [1.807, 2.05) is 0 Å². The number of hydrogen-bond donors (Lipinski definition) is 0. The molecule has 0 spiro atoms. The fraction of sp³-hybridized carbons (Fsp3) is 0.143. The minimum Gasteiger partial charge on any atom is -0.548 e. The van der Waals surface area contributed by atoms with Crippen LogP contribution in [0.15, 0.2) is 58.4 Å². The SMILES string of the molecule is O=C([O-])Cn1ccccc1=O.O=C([O-])Cn1ccccc1=O.[Co+2].[OH3+].[OH3+].[OH3+].[OH3+]. The van der Waals surface area contributed by atoms with Crippen LogP contribution >= 0.6 is 0 Å². The van der Waals surface area contributed by atoms with Gasteiger partial charge in [0.25, 0.3) is 11.1 Å². The van der Waals surface area contributed by atoms with Crippen molar-refractivity contribution in [3.05, 3.63) is 69.5 Å². The number of carbonyl (C=O) groups excluding carboxylic acids is 2. The van der Waals surface area contributed by atoms with Crippen LogP contribution in [0.1, 0.15) is 0 Å². The van der Waals surface area contributed by atoms with E-state index in [9.17, 15) is 29.4 Å². The second-order valence-electron chi connectivity index (χ2n) is 4.08. The number of carboxylic acid groups (broad SMARTS) is 2. The number of pyridine rings is 2. The van der Waals surface area contributed by atoms with Gasteiger partial charge < -0.3 is 50.8 Å². The van der Waals surface area contributed by atoms with Crippen LogP contribution in [0.25, 0.3) is 0 Å². The van der Waals surface area contributed by atoms with Gasteiger partial charge in [0.1, 0.15) is 0 Å². The van der Waals surface area contributed by atoms with Crippen LogP contribution in [-0.4, -0.2) is 21.1 Å². The van der Waals surface area contributed by atoms with E-state index in [4.69, 9.17) is 0 Å². The van der Waals surface area contributed by atoms with E-state index in [0.717, 1.165) is 9.13 Å². The maximum absolute atomic E-state index is 10.8. The first-order valence-electron chi connectivity index (χ1n) is 6.11. The van der Waals surface area contributed by atoms with Gasteiger partial charge in [-0.3, -0.25) is 9.59 Å². The smallest absolute Gasteiger partial charge is 0.548 e. The number of carbonyl (C=O) groups is 2. The Morgan fingerprint density at radius 2 is 1.00 bits per heavy atom. The van der Waals surface area contributed by atoms with Crippen LogP contribution in [0.2, 0.25) is 0 Å². The number of carboxylic acids is 2. The minimum absolute atomic E-state index is 0. The van der Waals surface area contributed by atoms with Gasteiger partial charge in [0.15, 0.2) is 0 Å². The topological polar surface area (TPSA) is 256 Å². The molecule has 155 valence electrons. The van der Waals surface area contributed by atoms with E-state index in [1.165, 1.54) is 24.5 Å². The van der Waals surface area contributed by atoms with Gasteiger partial charge in [-0.1, -0.05) is 12.1 Å². The van der Waals surface area contributed by atoms with Crippen molar-refractivity contribution in [2.45, 2.75) is 13.1 Å². The summed E-state index contributed by atoms with van der Waals surface area (Å²) in [7, 11) is 0. The predicted octanol–water partition coefficient (Wildman–Crippen LogP) is -6.49. The van der Waals surface area contributed by atoms with Crippen molar-refractivity contribution < 1.29 is 58.5 Å². The van der Waals surface area contributed by atoms with E-state index < -0.39 is 11.9 Å². The number of rotatable bonds is 4. The Labute approximate surface area is 162 Å². The number of hydrogen-bond acceptors (Lipinski definition) is 6. The van der Waals surface area contributed by atoms with Gasteiger partial charge in [-0.05, 0) is 12.1 Å². The van der Waals surface area contributed by atoms with Crippen molar-refractivity contribution in [1.82, 2.24) is 9.13 Å². The van der Waals surface area contributed by atoms with Crippen molar-refractivity contribution in [3.63, 3.8) is 0 Å². The molecule has 0 saturated heterocycles. The number of aromatic nitrogens is 2. The molecule has 2 aromatic heterocycles. The molecule has 0 aromatic carbocycles. The molecule has 0 atom stereocenters. The molecule has 2 aromatic rings. The molecule has 0 aliphatic heterocycles. The summed E-state index contributed by atoms with van der Waals surface area (Å²) in [5.41, 5.74) is -0.673. The summed E-state index contributed by atoms with van der Waals surface area (Å²) >= 11 is 0. The summed E-state index contributed by atoms with van der Waals surface area (Å²) in [6.45, 7) is -0.778. The molecule has 0 aliphatic rings. The third-order valence-corrected chi connectivity index (χ3v) is 2.40. The standard InChI is InChI=1S/2C7H7NO3.Co.4H2O/c2*9-6-3-1-2-4-8(6)5-7(10)11;;;;;/h2*1-4H,5H2,(H,10,11);;4*1H2/q;;+2;;;;/p+2. The van der Waals surface area contributed by atoms with Crippen molar-refractivity contribution in [1.29, 1.82) is 0 Å². The molecule has 1 radical (unpaired) electrons. The molecular formula is C14H24CoN2O10+4. The third kappa shape index (κ3) is 14.1. The largest absolute Gasteiger partial charge is 2.00 e. The Balaban J connectivity index is -0.000000101. The first-order valence-corrected chi connectivity index (χ1v) is 6.11. The zero-order valence-electron chi connectivity index (χ0n) is 14.0. The number of aliphatic carboxylic acids is 2. The molecular weight excluding hydrogens is 415 g/mol. The monoisotopic (exact) mass is 439 g/mol. The van der Waals surface area contributed by atoms with Crippen LogP contribution in [0.3, 0.4) is 0 Å². The van der Waals surface area contributed by atoms with E-state index in [1.54, 1.807) is 24.3 Å². The fourth-order valence-electron chi connectivity index (χ4n) is 1.46. The Kier molecular flexibility index (Phi) is 23.5. The van der Waals surface area contributed by atoms with Crippen LogP contribution in [0, 0.1) is 0 Å². The molecule has 2 rings (SSSR count). The van der Waals surface area contributed by atoms with Gasteiger partial charge in [-0.2, -0.15) is 0 Å². The van der Waals surface area contributed by atoms with Crippen LogP contribution in [0.5, 0.6) is 0 Å². The second-order valence-corrected chi connectivity index (χ2v) is 4.08. The summed E-state index contributed by atoms with van der Waals surface area (Å²) in [4.78, 5) is 41.8. The summed E-state index contributed by atoms with van der Waals surface area (Å²) in [5, 5.41) is 20.1. The first-order chi connectivity index (χ1) is 10.4. The quantitative estimate of drug-likeness (QED) is 0.418. The van der Waals surface area contributed by atoms with Crippen molar-refractivity contribution in [3.8, 4) is 0 Å². The van der Waals surface area contributed by atoms with Crippen LogP contribution < -0.4 is 21.3 Å². The Hall–Kier alpha value is -2.81. The third-order valence-electron chi connectivity index (χ3n) is 2.40. The molecule has 13 heteroatoms. The molecule has 0 fully saturated rings. The van der Waals surface area contributed by atoms with Crippen LogP contribution in [-0.2, 0) is 61.4 Å². The molecule has 0 bridgehead atoms. The Morgan fingerprint density at radius 3 is 1.22 bits per heavy atom. The van der Waals surface area contributed by atoms with Crippen molar-refractivity contribution in [2.24, 2.45) is 0 Å². The molecule has 27 heavy (non-hydrogen) atoms. The van der Waals surface area contributed by atoms with E-state index in [2.05, 4.69) is 0 Å². The molecule has 12 N–H and O–H groups in total. The van der Waals surface area contributed by atoms with Gasteiger partial charge in [0.2, 0.25) is 0 Å². The molecule has 0 amide bonds. The predicted molar refractivity (Wildman–Crippen MR) is 90.9 cm³/mol. The zero-order valence-corrected chi connectivity index (χ0v) is 15.1. The average Bonchev–Trinajstić information content (AvgIpc) is 2.44. The summed E-state index contributed by atoms with van der Waals surface area (Å²) < 4.78 is 2.13.